The van der Waals surface area contributed by atoms with Gasteiger partial charge in [-0.2, -0.15) is 0 Å². The molecule has 2 aromatic rings. The fourth-order valence-electron chi connectivity index (χ4n) is 2.84. The summed E-state index contributed by atoms with van der Waals surface area (Å²) in [7, 11) is 0. The minimum Gasteiger partial charge on any atom is -0.325 e. The number of carbonyl (C=O) groups excluding carboxylic acids is 2. The molecule has 0 atom stereocenters. The number of hydrogen-bond donors (Lipinski definition) is 1. The zero-order valence-corrected chi connectivity index (χ0v) is 15.2. The van der Waals surface area contributed by atoms with E-state index in [9.17, 15) is 14.0 Å². The van der Waals surface area contributed by atoms with Gasteiger partial charge in [-0.15, -0.1) is 0 Å². The molecule has 3 rings (SSSR count). The zero-order valence-electron chi connectivity index (χ0n) is 14.5. The molecular formula is C20H20ClFN2O2. The van der Waals surface area contributed by atoms with E-state index in [1.165, 1.54) is 13.0 Å². The van der Waals surface area contributed by atoms with Crippen molar-refractivity contribution in [3.05, 3.63) is 64.4 Å². The van der Waals surface area contributed by atoms with Crippen LogP contribution in [0.4, 0.5) is 10.1 Å². The SMILES string of the molecule is CC(=O)c1cccc(NC(=O)CN(Cc2c(F)cccc2Cl)C2CC2)c1. The molecule has 1 fully saturated rings. The Hall–Kier alpha value is -2.24. The molecule has 1 N–H and O–H groups in total. The third-order valence-electron chi connectivity index (χ3n) is 4.39. The normalized spacial score (nSPS) is 13.7. The Labute approximate surface area is 157 Å². The maximum absolute atomic E-state index is 14.1. The Kier molecular flexibility index (Phi) is 5.69. The van der Waals surface area contributed by atoms with Crippen LogP contribution in [0.5, 0.6) is 0 Å². The van der Waals surface area contributed by atoms with E-state index in [1.54, 1.807) is 36.4 Å². The van der Waals surface area contributed by atoms with E-state index in [1.807, 2.05) is 4.90 Å². The van der Waals surface area contributed by atoms with Crippen molar-refractivity contribution in [2.75, 3.05) is 11.9 Å². The quantitative estimate of drug-likeness (QED) is 0.736. The summed E-state index contributed by atoms with van der Waals surface area (Å²) in [4.78, 5) is 25.8. The van der Waals surface area contributed by atoms with Crippen molar-refractivity contribution in [3.63, 3.8) is 0 Å². The van der Waals surface area contributed by atoms with Crippen LogP contribution < -0.4 is 5.32 Å². The summed E-state index contributed by atoms with van der Waals surface area (Å²) in [6, 6.07) is 11.7. The summed E-state index contributed by atoms with van der Waals surface area (Å²) in [5.41, 5.74) is 1.52. The van der Waals surface area contributed by atoms with Crippen molar-refractivity contribution < 1.29 is 14.0 Å². The molecule has 0 heterocycles. The zero-order chi connectivity index (χ0) is 18.7. The first-order chi connectivity index (χ1) is 12.4. The van der Waals surface area contributed by atoms with E-state index in [4.69, 9.17) is 11.6 Å². The first-order valence-electron chi connectivity index (χ1n) is 8.52. The molecule has 2 aromatic carbocycles. The summed E-state index contributed by atoms with van der Waals surface area (Å²) in [5.74, 6) is -0.627. The smallest absolute Gasteiger partial charge is 0.238 e. The van der Waals surface area contributed by atoms with Crippen LogP contribution >= 0.6 is 11.6 Å². The summed E-state index contributed by atoms with van der Waals surface area (Å²) < 4.78 is 14.1. The summed E-state index contributed by atoms with van der Waals surface area (Å²) in [6.07, 6.45) is 1.97. The van der Waals surface area contributed by atoms with Gasteiger partial charge in [0, 0.05) is 34.4 Å². The molecule has 1 saturated carbocycles. The second-order valence-electron chi connectivity index (χ2n) is 6.52. The molecule has 1 aliphatic rings. The Balaban J connectivity index is 1.68. The molecule has 0 unspecified atom stereocenters. The highest BCUT2D eigenvalue weighted by molar-refractivity contribution is 6.31. The van der Waals surface area contributed by atoms with Gasteiger partial charge in [0.1, 0.15) is 5.82 Å². The highest BCUT2D eigenvalue weighted by Gasteiger charge is 2.31. The van der Waals surface area contributed by atoms with Gasteiger partial charge < -0.3 is 5.32 Å². The van der Waals surface area contributed by atoms with Gasteiger partial charge in [-0.3, -0.25) is 14.5 Å². The van der Waals surface area contributed by atoms with Crippen LogP contribution in [0.1, 0.15) is 35.7 Å². The molecule has 136 valence electrons. The number of nitrogens with one attached hydrogen (secondary N) is 1. The highest BCUT2D eigenvalue weighted by atomic mass is 35.5. The molecular weight excluding hydrogens is 355 g/mol. The average Bonchev–Trinajstić information content (AvgIpc) is 3.42. The number of Topliss-reactive ketones (excluding diaryl/α,β-unsaturated/α-hetero) is 1. The van der Waals surface area contributed by atoms with Crippen molar-refractivity contribution >= 4 is 29.0 Å². The number of nitrogens with zero attached hydrogens (tertiary/aromatic N) is 1. The van der Waals surface area contributed by atoms with Gasteiger partial charge in [0.15, 0.2) is 5.78 Å². The molecule has 0 bridgehead atoms. The van der Waals surface area contributed by atoms with Gasteiger partial charge in [-0.1, -0.05) is 29.8 Å². The van der Waals surface area contributed by atoms with E-state index >= 15 is 0 Å². The lowest BCUT2D eigenvalue weighted by atomic mass is 10.1. The molecule has 1 amide bonds. The maximum Gasteiger partial charge on any atom is 0.238 e. The van der Waals surface area contributed by atoms with Crippen molar-refractivity contribution in [2.45, 2.75) is 32.4 Å². The van der Waals surface area contributed by atoms with E-state index in [0.29, 0.717) is 21.8 Å². The Morgan fingerprint density at radius 2 is 1.96 bits per heavy atom. The lowest BCUT2D eigenvalue weighted by molar-refractivity contribution is -0.117. The molecule has 26 heavy (non-hydrogen) atoms. The molecule has 0 aromatic heterocycles. The number of halogens is 2. The Bertz CT molecular complexity index is 816. The predicted molar refractivity (Wildman–Crippen MR) is 99.9 cm³/mol. The van der Waals surface area contributed by atoms with Gasteiger partial charge >= 0.3 is 0 Å². The number of hydrogen-bond acceptors (Lipinski definition) is 3. The second-order valence-corrected chi connectivity index (χ2v) is 6.93. The van der Waals surface area contributed by atoms with Crippen LogP contribution in [0.15, 0.2) is 42.5 Å². The Morgan fingerprint density at radius 3 is 2.62 bits per heavy atom. The number of ketones is 1. The largest absolute Gasteiger partial charge is 0.325 e. The van der Waals surface area contributed by atoms with Crippen molar-refractivity contribution in [1.29, 1.82) is 0 Å². The van der Waals surface area contributed by atoms with Gasteiger partial charge in [0.2, 0.25) is 5.91 Å². The molecule has 0 spiro atoms. The second kappa shape index (κ2) is 7.98. The van der Waals surface area contributed by atoms with Crippen LogP contribution in [0, 0.1) is 5.82 Å². The van der Waals surface area contributed by atoms with Crippen LogP contribution in [0.25, 0.3) is 0 Å². The Morgan fingerprint density at radius 1 is 1.23 bits per heavy atom. The lowest BCUT2D eigenvalue weighted by Gasteiger charge is -2.22. The fourth-order valence-corrected chi connectivity index (χ4v) is 3.06. The van der Waals surface area contributed by atoms with E-state index in [2.05, 4.69) is 5.32 Å². The third kappa shape index (κ3) is 4.68. The number of benzene rings is 2. The van der Waals surface area contributed by atoms with Gasteiger partial charge in [0.05, 0.1) is 6.54 Å². The first kappa shape index (κ1) is 18.5. The molecule has 0 saturated heterocycles. The average molecular weight is 375 g/mol. The number of carbonyl (C=O) groups is 2. The minimum atomic E-state index is -0.363. The summed E-state index contributed by atoms with van der Waals surface area (Å²) in [5, 5.41) is 3.17. The van der Waals surface area contributed by atoms with E-state index in [-0.39, 0.29) is 36.6 Å². The molecule has 0 aliphatic heterocycles. The van der Waals surface area contributed by atoms with Crippen LogP contribution in [-0.2, 0) is 11.3 Å². The number of rotatable bonds is 7. The van der Waals surface area contributed by atoms with Gasteiger partial charge in [-0.25, -0.2) is 4.39 Å². The topological polar surface area (TPSA) is 49.4 Å². The number of amides is 1. The monoisotopic (exact) mass is 374 g/mol. The standard InChI is InChI=1S/C20H20ClFN2O2/c1-13(25)14-4-2-5-15(10-14)23-20(26)12-24(16-8-9-16)11-17-18(21)6-3-7-19(17)22/h2-7,10,16H,8-9,11-12H2,1H3,(H,23,26). The van der Waals surface area contributed by atoms with Gasteiger partial charge in [0.25, 0.3) is 0 Å². The van der Waals surface area contributed by atoms with E-state index in [0.717, 1.165) is 12.8 Å². The fraction of sp³-hybridized carbons (Fsp3) is 0.300. The third-order valence-corrected chi connectivity index (χ3v) is 4.74. The first-order valence-corrected chi connectivity index (χ1v) is 8.89. The number of anilines is 1. The van der Waals surface area contributed by atoms with Crippen LogP contribution in [0.2, 0.25) is 5.02 Å². The summed E-state index contributed by atoms with van der Waals surface area (Å²) >= 11 is 6.11. The summed E-state index contributed by atoms with van der Waals surface area (Å²) in [6.45, 7) is 1.91. The van der Waals surface area contributed by atoms with Crippen molar-refractivity contribution in [1.82, 2.24) is 4.90 Å². The van der Waals surface area contributed by atoms with Crippen molar-refractivity contribution in [2.24, 2.45) is 0 Å². The predicted octanol–water partition coefficient (Wildman–Crippen LogP) is 4.28. The maximum atomic E-state index is 14.1. The molecule has 6 heteroatoms. The van der Waals surface area contributed by atoms with Crippen LogP contribution in [0.3, 0.4) is 0 Å². The molecule has 0 radical (unpaired) electrons. The molecule has 1 aliphatic carbocycles. The minimum absolute atomic E-state index is 0.0603. The lowest BCUT2D eigenvalue weighted by Crippen LogP contribution is -2.34. The molecule has 4 nitrogen and oxygen atoms in total. The highest BCUT2D eigenvalue weighted by Crippen LogP contribution is 2.30. The van der Waals surface area contributed by atoms with Gasteiger partial charge in [-0.05, 0) is 44.0 Å². The van der Waals surface area contributed by atoms with Crippen LogP contribution in [-0.4, -0.2) is 29.2 Å². The van der Waals surface area contributed by atoms with Crippen molar-refractivity contribution in [3.8, 4) is 0 Å². The van der Waals surface area contributed by atoms with E-state index < -0.39 is 0 Å².